The Morgan fingerprint density at radius 1 is 1.35 bits per heavy atom. The molecule has 124 valence electrons. The van der Waals surface area contributed by atoms with Gasteiger partial charge in [0.2, 0.25) is 0 Å². The van der Waals surface area contributed by atoms with E-state index in [1.165, 1.54) is 12.1 Å². The van der Waals surface area contributed by atoms with Gasteiger partial charge < -0.3 is 20.1 Å². The molecule has 1 aromatic carbocycles. The van der Waals surface area contributed by atoms with Crippen molar-refractivity contribution in [2.45, 2.75) is 25.7 Å². The van der Waals surface area contributed by atoms with Gasteiger partial charge in [-0.05, 0) is 24.6 Å². The topological polar surface area (TPSA) is 91.4 Å². The van der Waals surface area contributed by atoms with Crippen LogP contribution in [0.1, 0.15) is 23.8 Å². The molecule has 0 radical (unpaired) electrons. The monoisotopic (exact) mass is 330 g/mol. The summed E-state index contributed by atoms with van der Waals surface area (Å²) in [6.07, 6.45) is -4.61. The van der Waals surface area contributed by atoms with Crippen molar-refractivity contribution in [3.05, 3.63) is 30.0 Å². The number of H-pyrrole nitrogens is 1. The zero-order valence-corrected chi connectivity index (χ0v) is 11.9. The van der Waals surface area contributed by atoms with Gasteiger partial charge in [-0.15, -0.1) is 13.2 Å². The highest BCUT2D eigenvalue weighted by Gasteiger charge is 2.31. The molecular formula is C14H13F3N2O4. The number of carboxylic acids is 1. The molecule has 23 heavy (non-hydrogen) atoms. The predicted octanol–water partition coefficient (Wildman–Crippen LogP) is 2.66. The van der Waals surface area contributed by atoms with Gasteiger partial charge in [-0.3, -0.25) is 4.79 Å². The molecule has 0 aliphatic heterocycles. The molecule has 0 fully saturated rings. The van der Waals surface area contributed by atoms with Gasteiger partial charge in [0, 0.05) is 17.0 Å². The quantitative estimate of drug-likeness (QED) is 0.786. The van der Waals surface area contributed by atoms with Crippen molar-refractivity contribution < 1.29 is 32.6 Å². The number of aromatic amines is 1. The third kappa shape index (κ3) is 4.15. The molecule has 1 aromatic heterocycles. The van der Waals surface area contributed by atoms with Crippen LogP contribution >= 0.6 is 0 Å². The number of benzene rings is 1. The maximum Gasteiger partial charge on any atom is 0.573 e. The van der Waals surface area contributed by atoms with Crippen LogP contribution in [-0.2, 0) is 4.79 Å². The van der Waals surface area contributed by atoms with E-state index in [2.05, 4.69) is 15.0 Å². The van der Waals surface area contributed by atoms with Gasteiger partial charge in [-0.1, -0.05) is 6.92 Å². The Kier molecular flexibility index (Phi) is 4.48. The van der Waals surface area contributed by atoms with Gasteiger partial charge in [-0.2, -0.15) is 0 Å². The minimum Gasteiger partial charge on any atom is -0.480 e. The second kappa shape index (κ2) is 6.19. The molecule has 0 bridgehead atoms. The van der Waals surface area contributed by atoms with Gasteiger partial charge in [0.15, 0.2) is 0 Å². The average molecular weight is 330 g/mol. The number of alkyl halides is 3. The van der Waals surface area contributed by atoms with Crippen LogP contribution in [0, 0.1) is 0 Å². The van der Waals surface area contributed by atoms with Crippen LogP contribution in [-0.4, -0.2) is 34.4 Å². The number of hydrogen-bond donors (Lipinski definition) is 3. The summed E-state index contributed by atoms with van der Waals surface area (Å²) in [6.45, 7) is 1.60. The first-order valence-corrected chi connectivity index (χ1v) is 6.62. The number of aromatic nitrogens is 1. The summed E-state index contributed by atoms with van der Waals surface area (Å²) in [5, 5.41) is 11.7. The third-order valence-electron chi connectivity index (χ3n) is 3.08. The average Bonchev–Trinajstić information content (AvgIpc) is 2.85. The van der Waals surface area contributed by atoms with Crippen LogP contribution < -0.4 is 10.1 Å². The van der Waals surface area contributed by atoms with Gasteiger partial charge >= 0.3 is 12.3 Å². The van der Waals surface area contributed by atoms with E-state index in [1.54, 1.807) is 6.92 Å². The smallest absolute Gasteiger partial charge is 0.480 e. The lowest BCUT2D eigenvalue weighted by Gasteiger charge is -2.10. The maximum atomic E-state index is 12.2. The Morgan fingerprint density at radius 2 is 2.04 bits per heavy atom. The molecule has 1 heterocycles. The second-order valence-electron chi connectivity index (χ2n) is 4.75. The van der Waals surface area contributed by atoms with E-state index < -0.39 is 30.0 Å². The number of halogens is 3. The summed E-state index contributed by atoms with van der Waals surface area (Å²) in [4.78, 5) is 25.5. The summed E-state index contributed by atoms with van der Waals surface area (Å²) in [5.41, 5.74) is 0.309. The lowest BCUT2D eigenvalue weighted by Crippen LogP contribution is -2.40. The summed E-state index contributed by atoms with van der Waals surface area (Å²) in [6, 6.07) is 3.96. The summed E-state index contributed by atoms with van der Waals surface area (Å²) in [7, 11) is 0. The van der Waals surface area contributed by atoms with Gasteiger partial charge in [-0.25, -0.2) is 4.79 Å². The van der Waals surface area contributed by atoms with Gasteiger partial charge in [0.1, 0.15) is 17.5 Å². The summed E-state index contributed by atoms with van der Waals surface area (Å²) < 4.78 is 40.3. The summed E-state index contributed by atoms with van der Waals surface area (Å²) >= 11 is 0. The fourth-order valence-corrected chi connectivity index (χ4v) is 2.00. The number of carboxylic acid groups (broad SMARTS) is 1. The molecule has 0 aliphatic rings. The van der Waals surface area contributed by atoms with Crippen molar-refractivity contribution in [1.82, 2.24) is 10.3 Å². The van der Waals surface area contributed by atoms with E-state index in [-0.39, 0.29) is 17.6 Å². The molecule has 0 aliphatic carbocycles. The number of amides is 1. The van der Waals surface area contributed by atoms with Crippen molar-refractivity contribution >= 4 is 22.8 Å². The van der Waals surface area contributed by atoms with E-state index in [1.807, 2.05) is 0 Å². The number of carbonyl (C=O) groups excluding carboxylic acids is 1. The standard InChI is InChI=1S/C14H13F3N2O4/c1-2-9(13(21)22)19-12(20)11-5-7-3-4-8(6-10(7)18-11)23-14(15,16)17/h3-6,9,18H,2H2,1H3,(H,19,20)(H,21,22). The first-order valence-electron chi connectivity index (χ1n) is 6.62. The van der Waals surface area contributed by atoms with Crippen molar-refractivity contribution in [3.63, 3.8) is 0 Å². The molecule has 0 spiro atoms. The van der Waals surface area contributed by atoms with Crippen molar-refractivity contribution in [2.75, 3.05) is 0 Å². The largest absolute Gasteiger partial charge is 0.573 e. The zero-order valence-electron chi connectivity index (χ0n) is 11.9. The van der Waals surface area contributed by atoms with E-state index in [4.69, 9.17) is 5.11 Å². The molecule has 0 saturated heterocycles. The van der Waals surface area contributed by atoms with E-state index in [0.717, 1.165) is 12.1 Å². The molecule has 1 unspecified atom stereocenters. The van der Waals surface area contributed by atoms with Crippen molar-refractivity contribution in [2.24, 2.45) is 0 Å². The normalized spacial score (nSPS) is 12.9. The fourth-order valence-electron chi connectivity index (χ4n) is 2.00. The Hall–Kier alpha value is -2.71. The molecule has 9 heteroatoms. The number of ether oxygens (including phenoxy) is 1. The molecule has 2 aromatic rings. The molecule has 6 nitrogen and oxygen atoms in total. The van der Waals surface area contributed by atoms with Crippen LogP contribution in [0.25, 0.3) is 10.9 Å². The first-order chi connectivity index (χ1) is 10.7. The number of fused-ring (bicyclic) bond motifs is 1. The number of hydrogen-bond acceptors (Lipinski definition) is 3. The summed E-state index contributed by atoms with van der Waals surface area (Å²) in [5.74, 6) is -2.25. The van der Waals surface area contributed by atoms with E-state index in [0.29, 0.717) is 5.39 Å². The van der Waals surface area contributed by atoms with E-state index in [9.17, 15) is 22.8 Å². The predicted molar refractivity (Wildman–Crippen MR) is 74.2 cm³/mol. The lowest BCUT2D eigenvalue weighted by molar-refractivity contribution is -0.274. The highest BCUT2D eigenvalue weighted by Crippen LogP contribution is 2.26. The fraction of sp³-hybridized carbons (Fsp3) is 0.286. The van der Waals surface area contributed by atoms with Crippen LogP contribution in [0.5, 0.6) is 5.75 Å². The number of aliphatic carboxylic acids is 1. The SMILES string of the molecule is CCC(NC(=O)c1cc2ccc(OC(F)(F)F)cc2[nH]1)C(=O)O. The molecule has 3 N–H and O–H groups in total. The number of carbonyl (C=O) groups is 2. The van der Waals surface area contributed by atoms with E-state index >= 15 is 0 Å². The van der Waals surface area contributed by atoms with Crippen molar-refractivity contribution in [3.8, 4) is 5.75 Å². The van der Waals surface area contributed by atoms with Crippen LogP contribution in [0.4, 0.5) is 13.2 Å². The van der Waals surface area contributed by atoms with Crippen LogP contribution in [0.15, 0.2) is 24.3 Å². The molecular weight excluding hydrogens is 317 g/mol. The van der Waals surface area contributed by atoms with Crippen LogP contribution in [0.2, 0.25) is 0 Å². The van der Waals surface area contributed by atoms with Crippen LogP contribution in [0.3, 0.4) is 0 Å². The van der Waals surface area contributed by atoms with Crippen molar-refractivity contribution in [1.29, 1.82) is 0 Å². The minimum atomic E-state index is -4.81. The van der Waals surface area contributed by atoms with Gasteiger partial charge in [0.05, 0.1) is 0 Å². The highest BCUT2D eigenvalue weighted by molar-refractivity contribution is 5.99. The third-order valence-corrected chi connectivity index (χ3v) is 3.08. The Morgan fingerprint density at radius 3 is 2.61 bits per heavy atom. The Bertz CT molecular complexity index is 739. The number of nitrogens with one attached hydrogen (secondary N) is 2. The minimum absolute atomic E-state index is 0.0452. The molecule has 1 amide bonds. The zero-order chi connectivity index (χ0) is 17.2. The molecule has 2 rings (SSSR count). The molecule has 1 atom stereocenters. The lowest BCUT2D eigenvalue weighted by atomic mass is 10.2. The van der Waals surface area contributed by atoms with Gasteiger partial charge in [0.25, 0.3) is 5.91 Å². The maximum absolute atomic E-state index is 12.2. The second-order valence-corrected chi connectivity index (χ2v) is 4.75. The Balaban J connectivity index is 2.22. The first kappa shape index (κ1) is 16.7. The number of rotatable bonds is 5. The highest BCUT2D eigenvalue weighted by atomic mass is 19.4. The molecule has 0 saturated carbocycles. The Labute approximate surface area is 128 Å².